The van der Waals surface area contributed by atoms with Crippen molar-refractivity contribution in [2.75, 3.05) is 6.61 Å². The van der Waals surface area contributed by atoms with E-state index in [1.54, 1.807) is 12.1 Å². The maximum absolute atomic E-state index is 12.0. The van der Waals surface area contributed by atoms with Gasteiger partial charge in [0.1, 0.15) is 6.33 Å². The van der Waals surface area contributed by atoms with Crippen LogP contribution in [0.1, 0.15) is 36.0 Å². The fourth-order valence-electron chi connectivity index (χ4n) is 2.70. The van der Waals surface area contributed by atoms with Crippen molar-refractivity contribution in [3.05, 3.63) is 36.2 Å². The maximum atomic E-state index is 12.0. The predicted octanol–water partition coefficient (Wildman–Crippen LogP) is 0.587. The van der Waals surface area contributed by atoms with Crippen LogP contribution in [-0.4, -0.2) is 50.8 Å². The van der Waals surface area contributed by atoms with Crippen molar-refractivity contribution in [3.8, 4) is 5.69 Å². The molecule has 136 valence electrons. The lowest BCUT2D eigenvalue weighted by Crippen LogP contribution is -2.44. The summed E-state index contributed by atoms with van der Waals surface area (Å²) in [5.74, 6) is -1.35. The zero-order valence-corrected chi connectivity index (χ0v) is 13.9. The number of hydrogen-bond donors (Lipinski definition) is 2. The Hall–Kier alpha value is -3.30. The third kappa shape index (κ3) is 4.62. The number of carbonyl (C=O) groups is 3. The molecule has 1 heterocycles. The molecule has 10 heteroatoms. The topological polar surface area (TPSA) is 128 Å². The minimum atomic E-state index is -0.681. The molecule has 0 saturated heterocycles. The number of nitrogens with one attached hydrogen (secondary N) is 2. The minimum absolute atomic E-state index is 0.101. The van der Waals surface area contributed by atoms with Crippen molar-refractivity contribution < 1.29 is 19.1 Å². The summed E-state index contributed by atoms with van der Waals surface area (Å²) in [6, 6.07) is 5.88. The lowest BCUT2D eigenvalue weighted by molar-refractivity contribution is -0.123. The number of ether oxygens (including phenoxy) is 1. The predicted molar refractivity (Wildman–Crippen MR) is 88.4 cm³/mol. The van der Waals surface area contributed by atoms with Crippen molar-refractivity contribution in [1.82, 2.24) is 30.8 Å². The van der Waals surface area contributed by atoms with Gasteiger partial charge < -0.3 is 10.1 Å². The van der Waals surface area contributed by atoms with Crippen molar-refractivity contribution in [1.29, 1.82) is 0 Å². The summed E-state index contributed by atoms with van der Waals surface area (Å²) in [4.78, 5) is 35.3. The lowest BCUT2D eigenvalue weighted by atomic mass is 10.2. The van der Waals surface area contributed by atoms with E-state index in [2.05, 4.69) is 26.2 Å². The van der Waals surface area contributed by atoms with Crippen molar-refractivity contribution in [3.63, 3.8) is 0 Å². The maximum Gasteiger partial charge on any atom is 0.338 e. The van der Waals surface area contributed by atoms with Crippen LogP contribution in [0.15, 0.2) is 30.6 Å². The molecule has 3 rings (SSSR count). The number of benzene rings is 1. The van der Waals surface area contributed by atoms with E-state index in [1.807, 2.05) is 0 Å². The van der Waals surface area contributed by atoms with Crippen LogP contribution in [0, 0.1) is 0 Å². The molecule has 2 aromatic rings. The van der Waals surface area contributed by atoms with Crippen molar-refractivity contribution in [2.24, 2.45) is 0 Å². The number of carbonyl (C=O) groups excluding carboxylic acids is 3. The zero-order chi connectivity index (χ0) is 18.4. The zero-order valence-electron chi connectivity index (χ0n) is 13.9. The van der Waals surface area contributed by atoms with E-state index in [1.165, 1.54) is 23.1 Å². The van der Waals surface area contributed by atoms with Crippen LogP contribution in [0.4, 0.5) is 4.79 Å². The second-order valence-electron chi connectivity index (χ2n) is 5.88. The van der Waals surface area contributed by atoms with Crippen LogP contribution in [-0.2, 0) is 9.53 Å². The molecule has 0 unspecified atom stereocenters. The van der Waals surface area contributed by atoms with E-state index in [9.17, 15) is 14.4 Å². The van der Waals surface area contributed by atoms with Crippen LogP contribution in [0.2, 0.25) is 0 Å². The molecule has 0 atom stereocenters. The van der Waals surface area contributed by atoms with Crippen molar-refractivity contribution >= 4 is 17.9 Å². The molecule has 1 saturated carbocycles. The summed E-state index contributed by atoms with van der Waals surface area (Å²) in [5.41, 5.74) is 0.943. The number of tetrazole rings is 1. The number of hydrogen-bond acceptors (Lipinski definition) is 7. The highest BCUT2D eigenvalue weighted by Gasteiger charge is 2.18. The van der Waals surface area contributed by atoms with Gasteiger partial charge in [0.05, 0.1) is 11.3 Å². The third-order valence-electron chi connectivity index (χ3n) is 3.99. The highest BCUT2D eigenvalue weighted by molar-refractivity contribution is 5.97. The van der Waals surface area contributed by atoms with E-state index in [-0.39, 0.29) is 11.6 Å². The van der Waals surface area contributed by atoms with Gasteiger partial charge in [-0.15, -0.1) is 5.10 Å². The number of nitrogens with zero attached hydrogens (tertiary/aromatic N) is 4. The van der Waals surface area contributed by atoms with Gasteiger partial charge in [-0.25, -0.2) is 14.3 Å². The van der Waals surface area contributed by atoms with Crippen LogP contribution in [0.5, 0.6) is 0 Å². The van der Waals surface area contributed by atoms with E-state index in [4.69, 9.17) is 4.74 Å². The minimum Gasteiger partial charge on any atom is -0.452 e. The SMILES string of the molecule is O=C(COC(=O)c1ccc(-n2cnnn2)cc1)NC(=O)NC1CCCC1. The number of imide groups is 1. The molecule has 0 spiro atoms. The second kappa shape index (κ2) is 8.19. The number of amides is 3. The first-order chi connectivity index (χ1) is 12.6. The number of esters is 1. The molecule has 1 aliphatic carbocycles. The van der Waals surface area contributed by atoms with Gasteiger partial charge in [-0.3, -0.25) is 10.1 Å². The molecule has 0 bridgehead atoms. The van der Waals surface area contributed by atoms with Gasteiger partial charge in [0, 0.05) is 6.04 Å². The van der Waals surface area contributed by atoms with Crippen LogP contribution >= 0.6 is 0 Å². The summed E-state index contributed by atoms with van der Waals surface area (Å²) < 4.78 is 6.35. The molecule has 0 radical (unpaired) electrons. The fourth-order valence-corrected chi connectivity index (χ4v) is 2.70. The number of rotatable bonds is 5. The molecule has 1 aromatic carbocycles. The summed E-state index contributed by atoms with van der Waals surface area (Å²) in [6.45, 7) is -0.536. The Balaban J connectivity index is 1.44. The van der Waals surface area contributed by atoms with Gasteiger partial charge in [0.25, 0.3) is 5.91 Å². The molecule has 1 aromatic heterocycles. The average Bonchev–Trinajstić information content (AvgIpc) is 3.33. The van der Waals surface area contributed by atoms with Gasteiger partial charge in [-0.05, 0) is 47.5 Å². The quantitative estimate of drug-likeness (QED) is 0.748. The first-order valence-corrected chi connectivity index (χ1v) is 8.23. The van der Waals surface area contributed by atoms with E-state index in [0.29, 0.717) is 5.69 Å². The third-order valence-corrected chi connectivity index (χ3v) is 3.99. The molecule has 26 heavy (non-hydrogen) atoms. The van der Waals surface area contributed by atoms with Crippen molar-refractivity contribution in [2.45, 2.75) is 31.7 Å². The Bertz CT molecular complexity index is 769. The first kappa shape index (κ1) is 17.5. The van der Waals surface area contributed by atoms with Gasteiger partial charge in [0.2, 0.25) is 0 Å². The molecule has 0 aliphatic heterocycles. The lowest BCUT2D eigenvalue weighted by Gasteiger charge is -2.12. The molecular formula is C16H18N6O4. The summed E-state index contributed by atoms with van der Waals surface area (Å²) in [6.07, 6.45) is 5.40. The molecule has 3 amide bonds. The number of aromatic nitrogens is 4. The summed E-state index contributed by atoms with van der Waals surface area (Å²) in [7, 11) is 0. The van der Waals surface area contributed by atoms with Crippen LogP contribution in [0.3, 0.4) is 0 Å². The fraction of sp³-hybridized carbons (Fsp3) is 0.375. The molecule has 2 N–H and O–H groups in total. The largest absolute Gasteiger partial charge is 0.452 e. The first-order valence-electron chi connectivity index (χ1n) is 8.23. The normalized spacial score (nSPS) is 14.0. The second-order valence-corrected chi connectivity index (χ2v) is 5.88. The van der Waals surface area contributed by atoms with Crippen LogP contribution in [0.25, 0.3) is 5.69 Å². The average molecular weight is 358 g/mol. The van der Waals surface area contributed by atoms with E-state index in [0.717, 1.165) is 25.7 Å². The smallest absolute Gasteiger partial charge is 0.338 e. The Morgan fingerprint density at radius 2 is 1.88 bits per heavy atom. The van der Waals surface area contributed by atoms with E-state index < -0.39 is 24.5 Å². The molecular weight excluding hydrogens is 340 g/mol. The Kier molecular flexibility index (Phi) is 5.52. The summed E-state index contributed by atoms with van der Waals surface area (Å²) >= 11 is 0. The summed E-state index contributed by atoms with van der Waals surface area (Å²) in [5, 5.41) is 15.7. The van der Waals surface area contributed by atoms with Gasteiger partial charge in [0.15, 0.2) is 6.61 Å². The molecule has 1 fully saturated rings. The Labute approximate surface area is 148 Å². The molecule has 1 aliphatic rings. The van der Waals surface area contributed by atoms with Gasteiger partial charge in [-0.2, -0.15) is 0 Å². The van der Waals surface area contributed by atoms with Gasteiger partial charge in [-0.1, -0.05) is 12.8 Å². The number of urea groups is 1. The Morgan fingerprint density at radius 3 is 2.54 bits per heavy atom. The molecule has 10 nitrogen and oxygen atoms in total. The standard InChI is InChI=1S/C16H18N6O4/c23-14(19-16(25)18-12-3-1-2-4-12)9-26-15(24)11-5-7-13(8-6-11)22-10-17-20-21-22/h5-8,10,12H,1-4,9H2,(H2,18,19,23,25). The highest BCUT2D eigenvalue weighted by Crippen LogP contribution is 2.17. The monoisotopic (exact) mass is 358 g/mol. The highest BCUT2D eigenvalue weighted by atomic mass is 16.5. The van der Waals surface area contributed by atoms with Gasteiger partial charge >= 0.3 is 12.0 Å². The Morgan fingerprint density at radius 1 is 1.15 bits per heavy atom. The van der Waals surface area contributed by atoms with E-state index >= 15 is 0 Å². The van der Waals surface area contributed by atoms with Crippen LogP contribution < -0.4 is 10.6 Å².